The minimum atomic E-state index is -0.364. The number of likely N-dealkylation sites (tertiary alicyclic amines) is 1. The van der Waals surface area contributed by atoms with Crippen LogP contribution in [0.1, 0.15) is 44.9 Å². The lowest BCUT2D eigenvalue weighted by Crippen LogP contribution is -2.48. The predicted octanol–water partition coefficient (Wildman–Crippen LogP) is 3.39. The zero-order valence-corrected chi connectivity index (χ0v) is 15.5. The van der Waals surface area contributed by atoms with E-state index in [0.717, 1.165) is 25.1 Å². The lowest BCUT2D eigenvalue weighted by Gasteiger charge is -2.26. The van der Waals surface area contributed by atoms with Crippen LogP contribution in [0.15, 0.2) is 24.3 Å². The fourth-order valence-electron chi connectivity index (χ4n) is 3.91. The molecule has 1 saturated heterocycles. The lowest BCUT2D eigenvalue weighted by atomic mass is 9.89. The Labute approximate surface area is 155 Å². The van der Waals surface area contributed by atoms with Gasteiger partial charge >= 0.3 is 6.03 Å². The second-order valence-corrected chi connectivity index (χ2v) is 7.26. The van der Waals surface area contributed by atoms with Crippen LogP contribution in [0.3, 0.4) is 0 Å². The van der Waals surface area contributed by atoms with Crippen LogP contribution in [0.2, 0.25) is 0 Å². The molecule has 0 spiro atoms. The van der Waals surface area contributed by atoms with Crippen molar-refractivity contribution in [1.29, 1.82) is 0 Å². The van der Waals surface area contributed by atoms with Gasteiger partial charge in [0.05, 0.1) is 7.11 Å². The number of anilines is 1. The number of hydrogen-bond acceptors (Lipinski definition) is 3. The minimum absolute atomic E-state index is 0.0158. The number of nitrogens with one attached hydrogen (secondary N) is 2. The Morgan fingerprint density at radius 2 is 1.81 bits per heavy atom. The Bertz CT molecular complexity index is 611. The van der Waals surface area contributed by atoms with E-state index in [9.17, 15) is 9.59 Å². The first kappa shape index (κ1) is 18.5. The van der Waals surface area contributed by atoms with Crippen LogP contribution >= 0.6 is 0 Å². The highest BCUT2D eigenvalue weighted by Crippen LogP contribution is 2.24. The van der Waals surface area contributed by atoms with Crippen LogP contribution in [0, 0.1) is 5.92 Å². The van der Waals surface area contributed by atoms with Crippen molar-refractivity contribution in [2.45, 2.75) is 51.0 Å². The first-order valence-electron chi connectivity index (χ1n) is 9.67. The molecule has 0 aromatic heterocycles. The zero-order chi connectivity index (χ0) is 18.4. The number of nitrogens with zero attached hydrogens (tertiary/aromatic N) is 1. The van der Waals surface area contributed by atoms with Crippen molar-refractivity contribution in [3.63, 3.8) is 0 Å². The summed E-state index contributed by atoms with van der Waals surface area (Å²) in [4.78, 5) is 26.8. The fourth-order valence-corrected chi connectivity index (χ4v) is 3.91. The first-order valence-corrected chi connectivity index (χ1v) is 9.67. The minimum Gasteiger partial charge on any atom is -0.497 e. The Morgan fingerprint density at radius 1 is 1.08 bits per heavy atom. The van der Waals surface area contributed by atoms with E-state index in [1.54, 1.807) is 36.3 Å². The molecular weight excluding hydrogens is 330 g/mol. The zero-order valence-electron chi connectivity index (χ0n) is 15.5. The van der Waals surface area contributed by atoms with Crippen molar-refractivity contribution in [2.24, 2.45) is 5.92 Å². The van der Waals surface area contributed by atoms with Crippen LogP contribution < -0.4 is 15.4 Å². The summed E-state index contributed by atoms with van der Waals surface area (Å²) in [5.74, 6) is 1.32. The summed E-state index contributed by atoms with van der Waals surface area (Å²) in [6, 6.07) is 6.61. The van der Waals surface area contributed by atoms with E-state index in [1.807, 2.05) is 0 Å². The predicted molar refractivity (Wildman–Crippen MR) is 101 cm³/mol. The number of ether oxygens (including phenoxy) is 1. The van der Waals surface area contributed by atoms with Crippen molar-refractivity contribution in [2.75, 3.05) is 25.5 Å². The van der Waals surface area contributed by atoms with E-state index in [1.165, 1.54) is 32.1 Å². The molecule has 0 radical (unpaired) electrons. The molecular formula is C20H29N3O3. The van der Waals surface area contributed by atoms with Gasteiger partial charge in [-0.05, 0) is 55.9 Å². The van der Waals surface area contributed by atoms with Crippen molar-refractivity contribution in [1.82, 2.24) is 10.2 Å². The fraction of sp³-hybridized carbons (Fsp3) is 0.600. The highest BCUT2D eigenvalue weighted by molar-refractivity contribution is 5.94. The summed E-state index contributed by atoms with van der Waals surface area (Å²) in [6.45, 7) is 1.35. The van der Waals surface area contributed by atoms with Crippen LogP contribution in [0.4, 0.5) is 10.5 Å². The van der Waals surface area contributed by atoms with Gasteiger partial charge in [-0.2, -0.15) is 0 Å². The van der Waals surface area contributed by atoms with Crippen LogP contribution in [-0.2, 0) is 4.79 Å². The summed E-state index contributed by atoms with van der Waals surface area (Å²) in [5.41, 5.74) is 0.698. The standard InChI is InChI=1S/C20H29N3O3/c1-26-17-11-9-16(10-12-17)22-20(25)23-13-5-8-18(23)19(24)21-14-15-6-3-2-4-7-15/h9-12,15,18H,2-8,13-14H2,1H3,(H,21,24)(H,22,25)/t18-/m0/s1. The summed E-state index contributed by atoms with van der Waals surface area (Å²) in [5, 5.41) is 5.96. The molecule has 26 heavy (non-hydrogen) atoms. The summed E-state index contributed by atoms with van der Waals surface area (Å²) >= 11 is 0. The van der Waals surface area contributed by atoms with Crippen LogP contribution in [-0.4, -0.2) is 43.1 Å². The Balaban J connectivity index is 1.52. The third kappa shape index (κ3) is 4.68. The Morgan fingerprint density at radius 3 is 2.50 bits per heavy atom. The smallest absolute Gasteiger partial charge is 0.322 e. The van der Waals surface area contributed by atoms with Gasteiger partial charge in [-0.1, -0.05) is 19.3 Å². The van der Waals surface area contributed by atoms with Crippen molar-refractivity contribution in [3.8, 4) is 5.75 Å². The molecule has 1 saturated carbocycles. The van der Waals surface area contributed by atoms with Gasteiger partial charge in [0.15, 0.2) is 0 Å². The molecule has 3 rings (SSSR count). The lowest BCUT2D eigenvalue weighted by molar-refractivity contribution is -0.124. The van der Waals surface area contributed by atoms with Crippen LogP contribution in [0.5, 0.6) is 5.75 Å². The monoisotopic (exact) mass is 359 g/mol. The number of hydrogen-bond donors (Lipinski definition) is 2. The van der Waals surface area contributed by atoms with Gasteiger partial charge in [0.2, 0.25) is 5.91 Å². The summed E-state index contributed by atoms with van der Waals surface area (Å²) < 4.78 is 5.12. The van der Waals surface area contributed by atoms with E-state index in [0.29, 0.717) is 18.2 Å². The van der Waals surface area contributed by atoms with E-state index in [4.69, 9.17) is 4.74 Å². The van der Waals surface area contributed by atoms with Crippen LogP contribution in [0.25, 0.3) is 0 Å². The molecule has 1 heterocycles. The number of rotatable bonds is 5. The molecule has 3 amide bonds. The highest BCUT2D eigenvalue weighted by Gasteiger charge is 2.34. The highest BCUT2D eigenvalue weighted by atomic mass is 16.5. The topological polar surface area (TPSA) is 70.7 Å². The van der Waals surface area contributed by atoms with Crippen molar-refractivity contribution < 1.29 is 14.3 Å². The molecule has 0 bridgehead atoms. The third-order valence-corrected chi connectivity index (χ3v) is 5.45. The molecule has 0 unspecified atom stereocenters. The SMILES string of the molecule is COc1ccc(NC(=O)N2CCC[C@H]2C(=O)NCC2CCCCC2)cc1. The number of urea groups is 1. The van der Waals surface area contributed by atoms with Gasteiger partial charge in [-0.15, -0.1) is 0 Å². The van der Waals surface area contributed by atoms with E-state index >= 15 is 0 Å². The first-order chi connectivity index (χ1) is 12.7. The van der Waals surface area contributed by atoms with Gasteiger partial charge in [0, 0.05) is 18.8 Å². The average Bonchev–Trinajstić information content (AvgIpc) is 3.17. The number of carbonyl (C=O) groups excluding carboxylic acids is 2. The van der Waals surface area contributed by atoms with E-state index in [-0.39, 0.29) is 18.0 Å². The quantitative estimate of drug-likeness (QED) is 0.846. The molecule has 2 aliphatic rings. The van der Waals surface area contributed by atoms with Gasteiger partial charge in [0.25, 0.3) is 0 Å². The molecule has 1 aliphatic carbocycles. The number of carbonyl (C=O) groups is 2. The molecule has 1 aromatic rings. The number of methoxy groups -OCH3 is 1. The molecule has 1 aliphatic heterocycles. The molecule has 1 atom stereocenters. The number of benzene rings is 1. The molecule has 2 N–H and O–H groups in total. The Hall–Kier alpha value is -2.24. The number of amides is 3. The van der Waals surface area contributed by atoms with Crippen molar-refractivity contribution >= 4 is 17.6 Å². The second kappa shape index (κ2) is 8.92. The van der Waals surface area contributed by atoms with Gasteiger partial charge < -0.3 is 20.3 Å². The largest absolute Gasteiger partial charge is 0.497 e. The molecule has 6 nitrogen and oxygen atoms in total. The molecule has 2 fully saturated rings. The third-order valence-electron chi connectivity index (χ3n) is 5.45. The van der Waals surface area contributed by atoms with Gasteiger partial charge in [-0.3, -0.25) is 4.79 Å². The average molecular weight is 359 g/mol. The molecule has 1 aromatic carbocycles. The summed E-state index contributed by atoms with van der Waals surface area (Å²) in [7, 11) is 1.61. The Kier molecular flexibility index (Phi) is 6.36. The maximum absolute atomic E-state index is 12.6. The second-order valence-electron chi connectivity index (χ2n) is 7.26. The molecule has 6 heteroatoms. The van der Waals surface area contributed by atoms with E-state index in [2.05, 4.69) is 10.6 Å². The van der Waals surface area contributed by atoms with E-state index < -0.39 is 0 Å². The summed E-state index contributed by atoms with van der Waals surface area (Å²) in [6.07, 6.45) is 7.83. The normalized spacial score (nSPS) is 20.7. The maximum atomic E-state index is 12.6. The van der Waals surface area contributed by atoms with Crippen molar-refractivity contribution in [3.05, 3.63) is 24.3 Å². The van der Waals surface area contributed by atoms with Gasteiger partial charge in [0.1, 0.15) is 11.8 Å². The van der Waals surface area contributed by atoms with Gasteiger partial charge in [-0.25, -0.2) is 4.79 Å². The maximum Gasteiger partial charge on any atom is 0.322 e. The molecule has 142 valence electrons.